The minimum atomic E-state index is -0.504. The number of methoxy groups -OCH3 is 1. The van der Waals surface area contributed by atoms with Crippen LogP contribution in [-0.4, -0.2) is 27.6 Å². The zero-order chi connectivity index (χ0) is 17.3. The van der Waals surface area contributed by atoms with Gasteiger partial charge in [-0.25, -0.2) is 4.79 Å². The number of hydrogen-bond acceptors (Lipinski definition) is 5. The Hall–Kier alpha value is -3.00. The lowest BCUT2D eigenvalue weighted by Crippen LogP contribution is -2.26. The van der Waals surface area contributed by atoms with Crippen LogP contribution >= 0.6 is 12.2 Å². The number of H-pyrrole nitrogens is 2. The van der Waals surface area contributed by atoms with Crippen molar-refractivity contribution in [3.8, 4) is 0 Å². The number of carbonyl (C=O) groups is 1. The van der Waals surface area contributed by atoms with E-state index in [1.807, 2.05) is 0 Å². The van der Waals surface area contributed by atoms with E-state index in [1.54, 1.807) is 12.1 Å². The lowest BCUT2D eigenvalue weighted by molar-refractivity contribution is 0.0601. The van der Waals surface area contributed by atoms with E-state index in [2.05, 4.69) is 14.7 Å². The van der Waals surface area contributed by atoms with Gasteiger partial charge in [0.15, 0.2) is 4.77 Å². The number of carbonyl (C=O) groups excluding carboxylic acids is 1. The Morgan fingerprint density at radius 1 is 1.29 bits per heavy atom. The van der Waals surface area contributed by atoms with Crippen LogP contribution in [0.15, 0.2) is 46.1 Å². The minimum Gasteiger partial charge on any atom is -0.465 e. The lowest BCUT2D eigenvalue weighted by Gasteiger charge is -2.08. The van der Waals surface area contributed by atoms with Gasteiger partial charge in [0.25, 0.3) is 11.1 Å². The number of aromatic nitrogens is 3. The van der Waals surface area contributed by atoms with E-state index in [0.29, 0.717) is 22.0 Å². The third kappa shape index (κ3) is 2.79. The molecule has 8 heteroatoms. The molecule has 1 aromatic carbocycles. The number of aromatic amines is 2. The van der Waals surface area contributed by atoms with E-state index in [4.69, 9.17) is 12.2 Å². The molecule has 0 saturated heterocycles. The van der Waals surface area contributed by atoms with E-state index < -0.39 is 5.97 Å². The average molecular weight is 343 g/mol. The molecular formula is C16H13N3O4S. The van der Waals surface area contributed by atoms with Crippen molar-refractivity contribution in [2.45, 2.75) is 6.54 Å². The van der Waals surface area contributed by atoms with Gasteiger partial charge in [-0.2, -0.15) is 0 Å². The van der Waals surface area contributed by atoms with Gasteiger partial charge in [-0.1, -0.05) is 6.07 Å². The number of hydrogen-bond donors (Lipinski definition) is 2. The molecule has 0 aliphatic heterocycles. The number of benzene rings is 1. The Bertz CT molecular complexity index is 1110. The van der Waals surface area contributed by atoms with E-state index in [9.17, 15) is 14.4 Å². The lowest BCUT2D eigenvalue weighted by atomic mass is 10.1. The third-order valence-corrected chi connectivity index (χ3v) is 3.95. The molecule has 3 aromatic rings. The molecule has 0 amide bonds. The zero-order valence-electron chi connectivity index (χ0n) is 12.7. The van der Waals surface area contributed by atoms with Crippen molar-refractivity contribution in [3.05, 3.63) is 73.1 Å². The van der Waals surface area contributed by atoms with Crippen molar-refractivity contribution >= 4 is 29.1 Å². The molecule has 2 N–H and O–H groups in total. The summed E-state index contributed by atoms with van der Waals surface area (Å²) in [4.78, 5) is 41.5. The zero-order valence-corrected chi connectivity index (χ0v) is 13.5. The Labute approximate surface area is 140 Å². The Kier molecular flexibility index (Phi) is 4.13. The molecule has 0 spiro atoms. The first-order chi connectivity index (χ1) is 11.5. The number of nitrogens with zero attached hydrogens (tertiary/aromatic N) is 1. The van der Waals surface area contributed by atoms with E-state index in [-0.39, 0.29) is 22.4 Å². The average Bonchev–Trinajstić information content (AvgIpc) is 2.58. The number of nitrogens with one attached hydrogen (secondary N) is 2. The maximum Gasteiger partial charge on any atom is 0.337 e. The molecule has 24 heavy (non-hydrogen) atoms. The fraction of sp³-hybridized carbons (Fsp3) is 0.125. The van der Waals surface area contributed by atoms with Crippen LogP contribution in [0.1, 0.15) is 15.9 Å². The second-order valence-corrected chi connectivity index (χ2v) is 5.48. The van der Waals surface area contributed by atoms with Gasteiger partial charge in [-0.3, -0.25) is 14.2 Å². The molecule has 2 heterocycles. The van der Waals surface area contributed by atoms with Crippen LogP contribution in [0.3, 0.4) is 0 Å². The molecular weight excluding hydrogens is 330 g/mol. The van der Waals surface area contributed by atoms with Crippen LogP contribution in [0, 0.1) is 4.77 Å². The van der Waals surface area contributed by atoms with E-state index in [1.165, 1.54) is 36.1 Å². The predicted molar refractivity (Wildman–Crippen MR) is 90.9 cm³/mol. The van der Waals surface area contributed by atoms with Crippen molar-refractivity contribution in [1.82, 2.24) is 14.5 Å². The van der Waals surface area contributed by atoms with Gasteiger partial charge >= 0.3 is 5.97 Å². The van der Waals surface area contributed by atoms with Crippen LogP contribution in [0.25, 0.3) is 10.9 Å². The van der Waals surface area contributed by atoms with Crippen molar-refractivity contribution in [3.63, 3.8) is 0 Å². The first-order valence-corrected chi connectivity index (χ1v) is 7.44. The summed E-state index contributed by atoms with van der Waals surface area (Å²) in [7, 11) is 1.28. The summed E-state index contributed by atoms with van der Waals surface area (Å²) in [5.41, 5.74) is 0.552. The van der Waals surface area contributed by atoms with Crippen molar-refractivity contribution in [2.24, 2.45) is 0 Å². The van der Waals surface area contributed by atoms with Gasteiger partial charge in [-0.15, -0.1) is 0 Å². The molecule has 0 unspecified atom stereocenters. The maximum absolute atomic E-state index is 12.7. The highest BCUT2D eigenvalue weighted by molar-refractivity contribution is 7.71. The SMILES string of the molecule is COC(=O)c1ccc2c(=O)n(Cc3ccc[nH]c3=O)c(=S)[nH]c2c1. The Balaban J connectivity index is 2.16. The Morgan fingerprint density at radius 3 is 2.79 bits per heavy atom. The van der Waals surface area contributed by atoms with Crippen molar-refractivity contribution in [2.75, 3.05) is 7.11 Å². The molecule has 7 nitrogen and oxygen atoms in total. The summed E-state index contributed by atoms with van der Waals surface area (Å²) in [5.74, 6) is -0.504. The van der Waals surface area contributed by atoms with Gasteiger partial charge in [0, 0.05) is 11.8 Å². The molecule has 0 radical (unpaired) electrons. The van der Waals surface area contributed by atoms with Crippen LogP contribution in [0.2, 0.25) is 0 Å². The second kappa shape index (κ2) is 6.25. The van der Waals surface area contributed by atoms with Crippen LogP contribution in [0.5, 0.6) is 0 Å². The Morgan fingerprint density at radius 2 is 2.08 bits per heavy atom. The first-order valence-electron chi connectivity index (χ1n) is 7.03. The van der Waals surface area contributed by atoms with E-state index in [0.717, 1.165) is 0 Å². The molecule has 0 aliphatic carbocycles. The fourth-order valence-electron chi connectivity index (χ4n) is 2.39. The summed E-state index contributed by atoms with van der Waals surface area (Å²) in [5, 5.41) is 0.364. The van der Waals surface area contributed by atoms with Gasteiger partial charge in [0.1, 0.15) is 0 Å². The molecule has 0 fully saturated rings. The monoisotopic (exact) mass is 343 g/mol. The predicted octanol–water partition coefficient (Wildman–Crippen LogP) is 1.58. The van der Waals surface area contributed by atoms with E-state index >= 15 is 0 Å². The second-order valence-electron chi connectivity index (χ2n) is 5.10. The third-order valence-electron chi connectivity index (χ3n) is 3.63. The number of pyridine rings is 1. The molecule has 0 aliphatic rings. The van der Waals surface area contributed by atoms with Gasteiger partial charge < -0.3 is 14.7 Å². The molecule has 3 rings (SSSR count). The van der Waals surface area contributed by atoms with Gasteiger partial charge in [0.05, 0.1) is 30.1 Å². The highest BCUT2D eigenvalue weighted by Gasteiger charge is 2.11. The molecule has 0 bridgehead atoms. The normalized spacial score (nSPS) is 10.7. The van der Waals surface area contributed by atoms with Crippen molar-refractivity contribution in [1.29, 1.82) is 0 Å². The smallest absolute Gasteiger partial charge is 0.337 e. The standard InChI is InChI=1S/C16H13N3O4S/c1-23-15(22)9-4-5-11-12(7-9)18-16(24)19(14(11)21)8-10-3-2-6-17-13(10)20/h2-7H,8H2,1H3,(H,17,20)(H,18,24). The summed E-state index contributed by atoms with van der Waals surface area (Å²) in [6.45, 7) is 0.0546. The minimum absolute atomic E-state index is 0.0546. The summed E-state index contributed by atoms with van der Waals surface area (Å²) < 4.78 is 6.13. The topological polar surface area (TPSA) is 96.9 Å². The van der Waals surface area contributed by atoms with Crippen molar-refractivity contribution < 1.29 is 9.53 Å². The molecule has 2 aromatic heterocycles. The number of ether oxygens (including phenoxy) is 1. The number of esters is 1. The number of fused-ring (bicyclic) bond motifs is 1. The maximum atomic E-state index is 12.7. The molecule has 0 atom stereocenters. The van der Waals surface area contributed by atoms with Gasteiger partial charge in [0.2, 0.25) is 0 Å². The largest absolute Gasteiger partial charge is 0.465 e. The summed E-state index contributed by atoms with van der Waals surface area (Å²) in [6, 6.07) is 7.86. The summed E-state index contributed by atoms with van der Waals surface area (Å²) in [6.07, 6.45) is 1.52. The number of rotatable bonds is 3. The molecule has 122 valence electrons. The highest BCUT2D eigenvalue weighted by atomic mass is 32.1. The fourth-order valence-corrected chi connectivity index (χ4v) is 2.65. The highest BCUT2D eigenvalue weighted by Crippen LogP contribution is 2.12. The quantitative estimate of drug-likeness (QED) is 0.556. The molecule has 0 saturated carbocycles. The van der Waals surface area contributed by atoms with Crippen LogP contribution < -0.4 is 11.1 Å². The van der Waals surface area contributed by atoms with Crippen LogP contribution in [0.4, 0.5) is 0 Å². The first kappa shape index (κ1) is 15.9. The van der Waals surface area contributed by atoms with Gasteiger partial charge in [-0.05, 0) is 36.5 Å². The van der Waals surface area contributed by atoms with Crippen LogP contribution in [-0.2, 0) is 11.3 Å². The summed E-state index contributed by atoms with van der Waals surface area (Å²) >= 11 is 5.23.